The van der Waals surface area contributed by atoms with Crippen LogP contribution in [0.25, 0.3) is 0 Å². The third kappa shape index (κ3) is 11.3. The van der Waals surface area contributed by atoms with E-state index in [1.165, 1.54) is 0 Å². The molecule has 0 saturated carbocycles. The molecule has 0 aliphatic rings. The van der Waals surface area contributed by atoms with Gasteiger partial charge in [-0.25, -0.2) is 0 Å². The second kappa shape index (κ2) is 9.47. The van der Waals surface area contributed by atoms with Crippen molar-refractivity contribution in [2.75, 3.05) is 24.7 Å². The largest absolute Gasteiger partial charge is 0.481 e. The SMILES string of the molecule is CC(C)OCCCNC(=O)CSCC(=O)O. The quantitative estimate of drug-likeness (QED) is 0.589. The topological polar surface area (TPSA) is 75.6 Å². The van der Waals surface area contributed by atoms with Crippen LogP contribution in [0.4, 0.5) is 0 Å². The van der Waals surface area contributed by atoms with Gasteiger partial charge in [-0.15, -0.1) is 11.8 Å². The highest BCUT2D eigenvalue weighted by atomic mass is 32.2. The van der Waals surface area contributed by atoms with Crippen molar-refractivity contribution in [3.05, 3.63) is 0 Å². The van der Waals surface area contributed by atoms with E-state index in [2.05, 4.69) is 5.32 Å². The van der Waals surface area contributed by atoms with Crippen molar-refractivity contribution in [3.8, 4) is 0 Å². The number of rotatable bonds is 9. The maximum Gasteiger partial charge on any atom is 0.313 e. The van der Waals surface area contributed by atoms with Gasteiger partial charge in [-0.3, -0.25) is 9.59 Å². The molecule has 0 heterocycles. The first-order valence-electron chi connectivity index (χ1n) is 5.20. The Morgan fingerprint density at radius 1 is 1.38 bits per heavy atom. The van der Waals surface area contributed by atoms with Crippen molar-refractivity contribution < 1.29 is 19.4 Å². The summed E-state index contributed by atoms with van der Waals surface area (Å²) in [4.78, 5) is 21.3. The Hall–Kier alpha value is -0.750. The fraction of sp³-hybridized carbons (Fsp3) is 0.800. The average Bonchev–Trinajstić information content (AvgIpc) is 2.16. The molecule has 0 spiro atoms. The number of carboxylic acids is 1. The normalized spacial score (nSPS) is 10.4. The summed E-state index contributed by atoms with van der Waals surface area (Å²) in [6, 6.07) is 0. The van der Waals surface area contributed by atoms with Crippen molar-refractivity contribution in [1.82, 2.24) is 5.32 Å². The molecule has 0 radical (unpaired) electrons. The summed E-state index contributed by atoms with van der Waals surface area (Å²) in [5, 5.41) is 11.1. The molecule has 0 rings (SSSR count). The molecule has 6 heteroatoms. The Morgan fingerprint density at radius 3 is 2.62 bits per heavy atom. The van der Waals surface area contributed by atoms with E-state index >= 15 is 0 Å². The second-order valence-electron chi connectivity index (χ2n) is 3.51. The number of hydrogen-bond acceptors (Lipinski definition) is 4. The molecule has 0 aromatic rings. The molecule has 0 aromatic carbocycles. The fourth-order valence-electron chi connectivity index (χ4n) is 0.901. The minimum absolute atomic E-state index is 0.0378. The first-order chi connectivity index (χ1) is 7.52. The first-order valence-corrected chi connectivity index (χ1v) is 6.35. The number of nitrogens with one attached hydrogen (secondary N) is 1. The highest BCUT2D eigenvalue weighted by Crippen LogP contribution is 1.98. The van der Waals surface area contributed by atoms with Crippen molar-refractivity contribution in [1.29, 1.82) is 0 Å². The van der Waals surface area contributed by atoms with Crippen molar-refractivity contribution >= 4 is 23.6 Å². The molecular formula is C10H19NO4S. The van der Waals surface area contributed by atoms with E-state index < -0.39 is 5.97 Å². The average molecular weight is 249 g/mol. The third-order valence-electron chi connectivity index (χ3n) is 1.55. The van der Waals surface area contributed by atoms with Crippen LogP contribution >= 0.6 is 11.8 Å². The zero-order chi connectivity index (χ0) is 12.4. The van der Waals surface area contributed by atoms with Gasteiger partial charge >= 0.3 is 5.97 Å². The van der Waals surface area contributed by atoms with E-state index in [0.29, 0.717) is 13.2 Å². The zero-order valence-corrected chi connectivity index (χ0v) is 10.5. The van der Waals surface area contributed by atoms with Crippen LogP contribution in [-0.2, 0) is 14.3 Å². The minimum Gasteiger partial charge on any atom is -0.481 e. The summed E-state index contributed by atoms with van der Waals surface area (Å²) in [5.74, 6) is -0.875. The molecular weight excluding hydrogens is 230 g/mol. The summed E-state index contributed by atoms with van der Waals surface area (Å²) in [7, 11) is 0. The zero-order valence-electron chi connectivity index (χ0n) is 9.69. The number of thioether (sulfide) groups is 1. The van der Waals surface area contributed by atoms with Gasteiger partial charge < -0.3 is 15.2 Å². The molecule has 0 saturated heterocycles. The maximum atomic E-state index is 11.2. The van der Waals surface area contributed by atoms with Gasteiger partial charge in [0.25, 0.3) is 0 Å². The third-order valence-corrected chi connectivity index (χ3v) is 2.47. The van der Waals surface area contributed by atoms with Gasteiger partial charge in [-0.05, 0) is 20.3 Å². The van der Waals surface area contributed by atoms with Crippen LogP contribution in [0.3, 0.4) is 0 Å². The standard InChI is InChI=1S/C10H19NO4S/c1-8(2)15-5-3-4-11-9(12)6-16-7-10(13)14/h8H,3-7H2,1-2H3,(H,11,12)(H,13,14). The van der Waals surface area contributed by atoms with Crippen LogP contribution in [0.15, 0.2) is 0 Å². The Morgan fingerprint density at radius 2 is 2.06 bits per heavy atom. The van der Waals surface area contributed by atoms with Crippen LogP contribution in [0, 0.1) is 0 Å². The van der Waals surface area contributed by atoms with Gasteiger partial charge in [0.15, 0.2) is 0 Å². The monoisotopic (exact) mass is 249 g/mol. The molecule has 94 valence electrons. The Bertz CT molecular complexity index is 221. The molecule has 0 fully saturated rings. The Labute approximate surface area is 99.9 Å². The predicted octanol–water partition coefficient (Wildman–Crippen LogP) is 0.735. The first kappa shape index (κ1) is 15.2. The minimum atomic E-state index is -0.900. The molecule has 1 amide bonds. The van der Waals surface area contributed by atoms with Gasteiger partial charge in [0.1, 0.15) is 0 Å². The predicted molar refractivity (Wildman–Crippen MR) is 63.7 cm³/mol. The summed E-state index contributed by atoms with van der Waals surface area (Å²) < 4.78 is 5.30. The molecule has 16 heavy (non-hydrogen) atoms. The van der Waals surface area contributed by atoms with Crippen LogP contribution < -0.4 is 5.32 Å². The molecule has 0 aliphatic heterocycles. The number of carboxylic acid groups (broad SMARTS) is 1. The molecule has 5 nitrogen and oxygen atoms in total. The lowest BCUT2D eigenvalue weighted by Crippen LogP contribution is -2.27. The molecule has 2 N–H and O–H groups in total. The fourth-order valence-corrected chi connectivity index (χ4v) is 1.47. The highest BCUT2D eigenvalue weighted by Gasteiger charge is 2.03. The van der Waals surface area contributed by atoms with Crippen LogP contribution in [-0.4, -0.2) is 47.7 Å². The van der Waals surface area contributed by atoms with E-state index in [0.717, 1.165) is 18.2 Å². The lowest BCUT2D eigenvalue weighted by Gasteiger charge is -2.07. The molecule has 0 bridgehead atoms. The van der Waals surface area contributed by atoms with E-state index in [1.54, 1.807) is 0 Å². The smallest absolute Gasteiger partial charge is 0.313 e. The van der Waals surface area contributed by atoms with Crippen molar-refractivity contribution in [2.24, 2.45) is 0 Å². The highest BCUT2D eigenvalue weighted by molar-refractivity contribution is 8.00. The Balaban J connectivity index is 3.27. The van der Waals surface area contributed by atoms with E-state index in [-0.39, 0.29) is 23.5 Å². The number of hydrogen-bond donors (Lipinski definition) is 2. The van der Waals surface area contributed by atoms with E-state index in [9.17, 15) is 9.59 Å². The van der Waals surface area contributed by atoms with E-state index in [1.807, 2.05) is 13.8 Å². The van der Waals surface area contributed by atoms with Gasteiger partial charge in [0, 0.05) is 13.2 Å². The molecule has 0 unspecified atom stereocenters. The molecule has 0 aliphatic carbocycles. The summed E-state index contributed by atoms with van der Waals surface area (Å²) >= 11 is 1.10. The summed E-state index contributed by atoms with van der Waals surface area (Å²) in [5.41, 5.74) is 0. The Kier molecular flexibility index (Phi) is 9.03. The lowest BCUT2D eigenvalue weighted by molar-refractivity contribution is -0.133. The molecule has 0 aromatic heterocycles. The number of carbonyl (C=O) groups is 2. The number of carbonyl (C=O) groups excluding carboxylic acids is 1. The van der Waals surface area contributed by atoms with Crippen LogP contribution in [0.5, 0.6) is 0 Å². The lowest BCUT2D eigenvalue weighted by atomic mass is 10.4. The van der Waals surface area contributed by atoms with Crippen molar-refractivity contribution in [3.63, 3.8) is 0 Å². The summed E-state index contributed by atoms with van der Waals surface area (Å²) in [6.07, 6.45) is 0.981. The molecule has 0 atom stereocenters. The van der Waals surface area contributed by atoms with Crippen LogP contribution in [0.2, 0.25) is 0 Å². The number of ether oxygens (including phenoxy) is 1. The number of amides is 1. The van der Waals surface area contributed by atoms with Crippen LogP contribution in [0.1, 0.15) is 20.3 Å². The van der Waals surface area contributed by atoms with Gasteiger partial charge in [-0.2, -0.15) is 0 Å². The second-order valence-corrected chi connectivity index (χ2v) is 4.50. The number of aliphatic carboxylic acids is 1. The maximum absolute atomic E-state index is 11.2. The van der Waals surface area contributed by atoms with Crippen molar-refractivity contribution in [2.45, 2.75) is 26.4 Å². The van der Waals surface area contributed by atoms with E-state index in [4.69, 9.17) is 9.84 Å². The van der Waals surface area contributed by atoms with Gasteiger partial charge in [-0.1, -0.05) is 0 Å². The van der Waals surface area contributed by atoms with Gasteiger partial charge in [0.05, 0.1) is 17.6 Å². The summed E-state index contributed by atoms with van der Waals surface area (Å²) in [6.45, 7) is 5.11. The van der Waals surface area contributed by atoms with Gasteiger partial charge in [0.2, 0.25) is 5.91 Å².